The number of rotatable bonds is 8. The van der Waals surface area contributed by atoms with Gasteiger partial charge in [0.15, 0.2) is 0 Å². The van der Waals surface area contributed by atoms with Gasteiger partial charge in [-0.1, -0.05) is 103 Å². The van der Waals surface area contributed by atoms with E-state index in [4.69, 9.17) is 4.74 Å². The fourth-order valence-electron chi connectivity index (χ4n) is 3.31. The maximum absolute atomic E-state index is 6.80. The van der Waals surface area contributed by atoms with Crippen LogP contribution in [-0.2, 0) is 10.3 Å². The largest absolute Gasteiger partial charge is 0.353 e. The van der Waals surface area contributed by atoms with Gasteiger partial charge in [0.05, 0.1) is 6.10 Å². The van der Waals surface area contributed by atoms with Crippen LogP contribution < -0.4 is 0 Å². The third-order valence-electron chi connectivity index (χ3n) is 4.53. The molecule has 0 radical (unpaired) electrons. The van der Waals surface area contributed by atoms with Crippen LogP contribution in [0.5, 0.6) is 0 Å². The second-order valence-electron chi connectivity index (χ2n) is 6.20. The summed E-state index contributed by atoms with van der Waals surface area (Å²) in [5, 5.41) is 0. The first-order valence-electron chi connectivity index (χ1n) is 8.89. The number of ether oxygens (including phenoxy) is 1. The summed E-state index contributed by atoms with van der Waals surface area (Å²) < 4.78 is 6.80. The summed E-state index contributed by atoms with van der Waals surface area (Å²) in [4.78, 5) is 0. The van der Waals surface area contributed by atoms with E-state index in [0.29, 0.717) is 6.42 Å². The highest BCUT2D eigenvalue weighted by molar-refractivity contribution is 5.47. The third kappa shape index (κ3) is 3.54. The van der Waals surface area contributed by atoms with Crippen molar-refractivity contribution in [2.75, 3.05) is 0 Å². The zero-order valence-electron chi connectivity index (χ0n) is 14.9. The molecule has 130 valence electrons. The van der Waals surface area contributed by atoms with E-state index in [0.717, 1.165) is 16.7 Å². The van der Waals surface area contributed by atoms with E-state index in [2.05, 4.69) is 86.0 Å². The van der Waals surface area contributed by atoms with E-state index in [1.165, 1.54) is 0 Å². The molecule has 0 saturated heterocycles. The molecule has 3 aromatic rings. The molecule has 3 rings (SSSR count). The summed E-state index contributed by atoms with van der Waals surface area (Å²) in [5.41, 5.74) is 2.56. The van der Waals surface area contributed by atoms with Crippen LogP contribution in [0.25, 0.3) is 0 Å². The van der Waals surface area contributed by atoms with Crippen LogP contribution in [-0.4, -0.2) is 6.10 Å². The number of hydrogen-bond donors (Lipinski definition) is 0. The van der Waals surface area contributed by atoms with Gasteiger partial charge in [0.25, 0.3) is 0 Å². The summed E-state index contributed by atoms with van der Waals surface area (Å²) in [7, 11) is 0. The quantitative estimate of drug-likeness (QED) is 0.354. The minimum absolute atomic E-state index is 0.145. The van der Waals surface area contributed by atoms with Gasteiger partial charge in [-0.3, -0.25) is 0 Å². The van der Waals surface area contributed by atoms with Crippen LogP contribution in [0.4, 0.5) is 0 Å². The van der Waals surface area contributed by atoms with E-state index in [-0.39, 0.29) is 6.10 Å². The van der Waals surface area contributed by atoms with Crippen molar-refractivity contribution in [2.24, 2.45) is 0 Å². The fourth-order valence-corrected chi connectivity index (χ4v) is 3.31. The van der Waals surface area contributed by atoms with Crippen LogP contribution in [0.15, 0.2) is 116 Å². The van der Waals surface area contributed by atoms with Crippen molar-refractivity contribution in [3.05, 3.63) is 133 Å². The maximum Gasteiger partial charge on any atom is 0.144 e. The predicted molar refractivity (Wildman–Crippen MR) is 109 cm³/mol. The van der Waals surface area contributed by atoms with E-state index >= 15 is 0 Å². The fraction of sp³-hybridized carbons (Fsp3) is 0.120. The van der Waals surface area contributed by atoms with Crippen LogP contribution in [0.3, 0.4) is 0 Å². The molecule has 0 amide bonds. The predicted octanol–water partition coefficient (Wildman–Crippen LogP) is 6.13. The molecule has 1 nitrogen and oxygen atoms in total. The van der Waals surface area contributed by atoms with Crippen molar-refractivity contribution >= 4 is 0 Å². The van der Waals surface area contributed by atoms with Gasteiger partial charge in [-0.25, -0.2) is 0 Å². The molecular weight excluding hydrogens is 316 g/mol. The zero-order chi connectivity index (χ0) is 18.2. The van der Waals surface area contributed by atoms with Crippen LogP contribution in [0.2, 0.25) is 0 Å². The van der Waals surface area contributed by atoms with Gasteiger partial charge in [0.1, 0.15) is 5.60 Å². The molecule has 1 atom stereocenters. The van der Waals surface area contributed by atoms with Crippen molar-refractivity contribution in [1.29, 1.82) is 0 Å². The Labute approximate surface area is 156 Å². The molecule has 0 aromatic heterocycles. The Morgan fingerprint density at radius 2 is 1.08 bits per heavy atom. The standard InChI is InChI=1S/C25H24O/c1-3-14-24(4-2)26-25(21-15-8-5-9-16-21,22-17-10-6-11-18-22)23-19-12-7-13-20-23/h3-13,15-20,24H,1-2,14H2. The molecule has 0 bridgehead atoms. The highest BCUT2D eigenvalue weighted by Crippen LogP contribution is 2.41. The summed E-state index contributed by atoms with van der Waals surface area (Å²) in [6, 6.07) is 31.1. The lowest BCUT2D eigenvalue weighted by atomic mass is 9.80. The Morgan fingerprint density at radius 3 is 1.38 bits per heavy atom. The highest BCUT2D eigenvalue weighted by Gasteiger charge is 2.39. The average Bonchev–Trinajstić information content (AvgIpc) is 2.73. The molecule has 1 heteroatoms. The Balaban J connectivity index is 2.27. The van der Waals surface area contributed by atoms with Gasteiger partial charge in [0.2, 0.25) is 0 Å². The monoisotopic (exact) mass is 340 g/mol. The molecule has 0 aliphatic rings. The Bertz CT molecular complexity index is 725. The minimum atomic E-state index is -0.717. The Hall–Kier alpha value is -2.90. The lowest BCUT2D eigenvalue weighted by molar-refractivity contribution is -0.0226. The minimum Gasteiger partial charge on any atom is -0.353 e. The van der Waals surface area contributed by atoms with Gasteiger partial charge >= 0.3 is 0 Å². The molecule has 0 fully saturated rings. The molecular formula is C25H24O. The topological polar surface area (TPSA) is 9.23 Å². The van der Waals surface area contributed by atoms with Gasteiger partial charge in [0, 0.05) is 0 Å². The molecule has 3 aromatic carbocycles. The van der Waals surface area contributed by atoms with Gasteiger partial charge in [-0.15, -0.1) is 13.2 Å². The highest BCUT2D eigenvalue weighted by atomic mass is 16.5. The summed E-state index contributed by atoms with van der Waals surface area (Å²) >= 11 is 0. The first-order valence-corrected chi connectivity index (χ1v) is 8.89. The van der Waals surface area contributed by atoms with Gasteiger partial charge < -0.3 is 4.74 Å². The molecule has 0 aliphatic carbocycles. The smallest absolute Gasteiger partial charge is 0.144 e. The van der Waals surface area contributed by atoms with Crippen LogP contribution in [0.1, 0.15) is 23.1 Å². The van der Waals surface area contributed by atoms with Gasteiger partial charge in [-0.05, 0) is 23.1 Å². The van der Waals surface area contributed by atoms with Crippen LogP contribution >= 0.6 is 0 Å². The van der Waals surface area contributed by atoms with E-state index in [9.17, 15) is 0 Å². The SMILES string of the molecule is C=CCC(C=C)OC(c1ccccc1)(c1ccccc1)c1ccccc1. The van der Waals surface area contributed by atoms with Crippen molar-refractivity contribution in [3.8, 4) is 0 Å². The first kappa shape index (κ1) is 17.9. The third-order valence-corrected chi connectivity index (χ3v) is 4.53. The van der Waals surface area contributed by atoms with E-state index < -0.39 is 5.60 Å². The molecule has 0 aliphatic heterocycles. The van der Waals surface area contributed by atoms with Crippen LogP contribution in [0, 0.1) is 0 Å². The average molecular weight is 340 g/mol. The molecule has 0 heterocycles. The Kier molecular flexibility index (Phi) is 5.83. The van der Waals surface area contributed by atoms with Crippen molar-refractivity contribution in [2.45, 2.75) is 18.1 Å². The second-order valence-corrected chi connectivity index (χ2v) is 6.20. The summed E-state index contributed by atoms with van der Waals surface area (Å²) in [5.74, 6) is 0. The molecule has 26 heavy (non-hydrogen) atoms. The second kappa shape index (κ2) is 8.46. The van der Waals surface area contributed by atoms with Crippen molar-refractivity contribution in [1.82, 2.24) is 0 Å². The van der Waals surface area contributed by atoms with Crippen molar-refractivity contribution in [3.63, 3.8) is 0 Å². The summed E-state index contributed by atoms with van der Waals surface area (Å²) in [6.07, 6.45) is 4.29. The first-order chi connectivity index (χ1) is 12.8. The Morgan fingerprint density at radius 1 is 0.692 bits per heavy atom. The maximum atomic E-state index is 6.80. The molecule has 0 saturated carbocycles. The van der Waals surface area contributed by atoms with E-state index in [1.807, 2.05) is 30.4 Å². The lowest BCUT2D eigenvalue weighted by Crippen LogP contribution is -2.36. The number of hydrogen-bond acceptors (Lipinski definition) is 1. The molecule has 1 unspecified atom stereocenters. The molecule has 0 spiro atoms. The summed E-state index contributed by atoms with van der Waals surface area (Å²) in [6.45, 7) is 7.84. The number of benzene rings is 3. The normalized spacial score (nSPS) is 12.3. The van der Waals surface area contributed by atoms with Crippen molar-refractivity contribution < 1.29 is 4.74 Å². The zero-order valence-corrected chi connectivity index (χ0v) is 14.9. The lowest BCUT2D eigenvalue weighted by Gasteiger charge is -2.38. The van der Waals surface area contributed by atoms with E-state index in [1.54, 1.807) is 0 Å². The van der Waals surface area contributed by atoms with Gasteiger partial charge in [-0.2, -0.15) is 0 Å². The molecule has 0 N–H and O–H groups in total.